The summed E-state index contributed by atoms with van der Waals surface area (Å²) in [4.78, 5) is 36.2. The van der Waals surface area contributed by atoms with Gasteiger partial charge >= 0.3 is 11.9 Å². The van der Waals surface area contributed by atoms with E-state index in [9.17, 15) is 14.4 Å². The molecule has 0 bridgehead atoms. The van der Waals surface area contributed by atoms with Gasteiger partial charge in [0, 0.05) is 12.8 Å². The van der Waals surface area contributed by atoms with E-state index in [2.05, 4.69) is 26.1 Å². The Morgan fingerprint density at radius 1 is 0.533 bits per heavy atom. The van der Waals surface area contributed by atoms with Gasteiger partial charge in [0.1, 0.15) is 6.04 Å². The van der Waals surface area contributed by atoms with Gasteiger partial charge in [0.15, 0.2) is 0 Å². The Labute approximate surface area is 279 Å². The maximum absolute atomic E-state index is 12.6. The fourth-order valence-corrected chi connectivity index (χ4v) is 5.96. The molecule has 6 nitrogen and oxygen atoms in total. The molecule has 0 fully saturated rings. The van der Waals surface area contributed by atoms with Crippen molar-refractivity contribution in [1.82, 2.24) is 5.32 Å². The Bertz CT molecular complexity index is 680. The SMILES string of the molecule is CCCCCCCCCCCCCCCC(=O)N[C@@H](CCC(=O)O)C(=O)OCCCCCCCCCCCCCCCC(C)C. The van der Waals surface area contributed by atoms with Crippen LogP contribution < -0.4 is 5.32 Å². The summed E-state index contributed by atoms with van der Waals surface area (Å²) in [5, 5.41) is 11.8. The van der Waals surface area contributed by atoms with Crippen molar-refractivity contribution in [3.05, 3.63) is 0 Å². The summed E-state index contributed by atoms with van der Waals surface area (Å²) < 4.78 is 5.43. The molecule has 0 unspecified atom stereocenters. The second kappa shape index (κ2) is 33.8. The predicted octanol–water partition coefficient (Wildman–Crippen LogP) is 11.5. The molecule has 0 aliphatic heterocycles. The molecule has 0 saturated carbocycles. The van der Waals surface area contributed by atoms with Crippen LogP contribution in [-0.2, 0) is 19.1 Å². The maximum atomic E-state index is 12.6. The monoisotopic (exact) mass is 638 g/mol. The fourth-order valence-electron chi connectivity index (χ4n) is 5.96. The third-order valence-electron chi connectivity index (χ3n) is 8.94. The molecule has 0 aromatic heterocycles. The van der Waals surface area contributed by atoms with Crippen LogP contribution in [0.15, 0.2) is 0 Å². The number of esters is 1. The highest BCUT2D eigenvalue weighted by Gasteiger charge is 2.23. The number of unbranched alkanes of at least 4 members (excludes halogenated alkanes) is 24. The molecule has 266 valence electrons. The van der Waals surface area contributed by atoms with Crippen LogP contribution in [0.1, 0.15) is 213 Å². The number of hydrogen-bond acceptors (Lipinski definition) is 4. The Kier molecular flexibility index (Phi) is 32.6. The van der Waals surface area contributed by atoms with E-state index in [-0.39, 0.29) is 18.7 Å². The first-order valence-corrected chi connectivity index (χ1v) is 19.5. The van der Waals surface area contributed by atoms with Crippen molar-refractivity contribution in [1.29, 1.82) is 0 Å². The number of ether oxygens (including phenoxy) is 1. The highest BCUT2D eigenvalue weighted by Crippen LogP contribution is 2.15. The number of aliphatic carboxylic acids is 1. The van der Waals surface area contributed by atoms with Crippen LogP contribution in [0.3, 0.4) is 0 Å². The molecule has 0 spiro atoms. The van der Waals surface area contributed by atoms with E-state index in [1.165, 1.54) is 135 Å². The molecule has 1 atom stereocenters. The van der Waals surface area contributed by atoms with Crippen molar-refractivity contribution in [2.45, 2.75) is 219 Å². The molecule has 0 radical (unpaired) electrons. The number of rotatable bonds is 35. The summed E-state index contributed by atoms with van der Waals surface area (Å²) in [5.41, 5.74) is 0. The van der Waals surface area contributed by atoms with Gasteiger partial charge in [-0.2, -0.15) is 0 Å². The molecule has 0 rings (SSSR count). The van der Waals surface area contributed by atoms with E-state index in [1.807, 2.05) is 0 Å². The summed E-state index contributed by atoms with van der Waals surface area (Å²) in [7, 11) is 0. The average Bonchev–Trinajstić information content (AvgIpc) is 3.00. The molecular formula is C39H75NO5. The first-order chi connectivity index (χ1) is 21.9. The van der Waals surface area contributed by atoms with Crippen LogP contribution in [0, 0.1) is 5.92 Å². The lowest BCUT2D eigenvalue weighted by Crippen LogP contribution is -2.42. The summed E-state index contributed by atoms with van der Waals surface area (Å²) >= 11 is 0. The summed E-state index contributed by atoms with van der Waals surface area (Å²) in [6.45, 7) is 7.20. The third kappa shape index (κ3) is 33.6. The molecule has 0 aromatic carbocycles. The fraction of sp³-hybridized carbons (Fsp3) is 0.923. The number of hydrogen-bond donors (Lipinski definition) is 2. The van der Waals surface area contributed by atoms with E-state index >= 15 is 0 Å². The number of amides is 1. The van der Waals surface area contributed by atoms with Crippen molar-refractivity contribution in [2.75, 3.05) is 6.61 Å². The molecular weight excluding hydrogens is 562 g/mol. The molecule has 0 aliphatic rings. The molecule has 45 heavy (non-hydrogen) atoms. The number of carbonyl (C=O) groups is 3. The first-order valence-electron chi connectivity index (χ1n) is 19.5. The zero-order chi connectivity index (χ0) is 33.2. The lowest BCUT2D eigenvalue weighted by atomic mass is 10.0. The van der Waals surface area contributed by atoms with Gasteiger partial charge in [-0.05, 0) is 25.2 Å². The first kappa shape index (κ1) is 43.4. The number of carboxylic acid groups (broad SMARTS) is 1. The van der Waals surface area contributed by atoms with Crippen molar-refractivity contribution in [2.24, 2.45) is 5.92 Å². The highest BCUT2D eigenvalue weighted by atomic mass is 16.5. The number of carboxylic acids is 1. The van der Waals surface area contributed by atoms with Gasteiger partial charge in [-0.3, -0.25) is 9.59 Å². The standard InChI is InChI=1S/C39H75NO5/c1-4-5-6-7-8-9-10-12-16-19-22-25-28-31-37(41)40-36(32-33-38(42)43)39(44)45-34-29-26-23-20-17-14-11-13-15-18-21-24-27-30-35(2)3/h35-36H,4-34H2,1-3H3,(H,40,41)(H,42,43)/t36-/m0/s1. The van der Waals surface area contributed by atoms with Crippen molar-refractivity contribution >= 4 is 17.8 Å². The Morgan fingerprint density at radius 2 is 0.933 bits per heavy atom. The quantitative estimate of drug-likeness (QED) is 0.0533. The molecule has 6 heteroatoms. The van der Waals surface area contributed by atoms with E-state index in [0.717, 1.165) is 44.4 Å². The van der Waals surface area contributed by atoms with Crippen LogP contribution >= 0.6 is 0 Å². The zero-order valence-corrected chi connectivity index (χ0v) is 30.2. The molecule has 0 saturated heterocycles. The van der Waals surface area contributed by atoms with Crippen LogP contribution in [-0.4, -0.2) is 35.6 Å². The lowest BCUT2D eigenvalue weighted by Gasteiger charge is -2.17. The highest BCUT2D eigenvalue weighted by molar-refractivity contribution is 5.84. The zero-order valence-electron chi connectivity index (χ0n) is 30.2. The molecule has 2 N–H and O–H groups in total. The normalized spacial score (nSPS) is 12.0. The third-order valence-corrected chi connectivity index (χ3v) is 8.94. The minimum absolute atomic E-state index is 0.0661. The van der Waals surface area contributed by atoms with E-state index < -0.39 is 18.0 Å². The van der Waals surface area contributed by atoms with E-state index in [0.29, 0.717) is 13.0 Å². The Hall–Kier alpha value is -1.59. The van der Waals surface area contributed by atoms with Crippen molar-refractivity contribution in [3.63, 3.8) is 0 Å². The van der Waals surface area contributed by atoms with Gasteiger partial charge in [-0.25, -0.2) is 4.79 Å². The second-order valence-electron chi connectivity index (χ2n) is 14.0. The van der Waals surface area contributed by atoms with Gasteiger partial charge in [0.2, 0.25) is 5.91 Å². The molecule has 1 amide bonds. The molecule has 0 heterocycles. The summed E-state index contributed by atoms with van der Waals surface area (Å²) in [5.74, 6) is -0.830. The van der Waals surface area contributed by atoms with Crippen LogP contribution in [0.25, 0.3) is 0 Å². The lowest BCUT2D eigenvalue weighted by molar-refractivity contribution is -0.148. The largest absolute Gasteiger partial charge is 0.481 e. The van der Waals surface area contributed by atoms with Gasteiger partial charge in [-0.1, -0.05) is 181 Å². The van der Waals surface area contributed by atoms with Gasteiger partial charge in [-0.15, -0.1) is 0 Å². The van der Waals surface area contributed by atoms with Crippen LogP contribution in [0.5, 0.6) is 0 Å². The summed E-state index contributed by atoms with van der Waals surface area (Å²) in [6, 6.07) is -0.879. The van der Waals surface area contributed by atoms with Crippen LogP contribution in [0.2, 0.25) is 0 Å². The van der Waals surface area contributed by atoms with Gasteiger partial charge < -0.3 is 15.2 Å². The van der Waals surface area contributed by atoms with Gasteiger partial charge in [0.05, 0.1) is 6.61 Å². The van der Waals surface area contributed by atoms with Crippen LogP contribution in [0.4, 0.5) is 0 Å². The number of nitrogens with one attached hydrogen (secondary N) is 1. The van der Waals surface area contributed by atoms with E-state index in [4.69, 9.17) is 9.84 Å². The maximum Gasteiger partial charge on any atom is 0.328 e. The minimum atomic E-state index is -0.976. The average molecular weight is 638 g/mol. The second-order valence-corrected chi connectivity index (χ2v) is 14.0. The smallest absolute Gasteiger partial charge is 0.328 e. The summed E-state index contributed by atoms with van der Waals surface area (Å²) in [6.07, 6.45) is 34.3. The van der Waals surface area contributed by atoms with Crippen molar-refractivity contribution in [3.8, 4) is 0 Å². The Balaban J connectivity index is 3.82. The predicted molar refractivity (Wildman–Crippen MR) is 190 cm³/mol. The molecule has 0 aliphatic carbocycles. The van der Waals surface area contributed by atoms with Gasteiger partial charge in [0.25, 0.3) is 0 Å². The molecule has 0 aromatic rings. The topological polar surface area (TPSA) is 92.7 Å². The number of carbonyl (C=O) groups excluding carboxylic acids is 2. The van der Waals surface area contributed by atoms with E-state index in [1.54, 1.807) is 0 Å². The van der Waals surface area contributed by atoms with Crippen molar-refractivity contribution < 1.29 is 24.2 Å². The Morgan fingerprint density at radius 3 is 1.36 bits per heavy atom. The minimum Gasteiger partial charge on any atom is -0.481 e.